The van der Waals surface area contributed by atoms with Crippen LogP contribution in [0.5, 0.6) is 0 Å². The molecule has 1 aromatic heterocycles. The van der Waals surface area contributed by atoms with E-state index in [1.165, 1.54) is 0 Å². The molecule has 0 spiro atoms. The van der Waals surface area contributed by atoms with Crippen LogP contribution < -0.4 is 5.32 Å². The Labute approximate surface area is 105 Å². The van der Waals surface area contributed by atoms with Gasteiger partial charge < -0.3 is 9.73 Å². The van der Waals surface area contributed by atoms with Crippen molar-refractivity contribution in [3.05, 3.63) is 17.8 Å². The van der Waals surface area contributed by atoms with Crippen LogP contribution in [0.1, 0.15) is 24.5 Å². The zero-order valence-electron chi connectivity index (χ0n) is 9.90. The van der Waals surface area contributed by atoms with E-state index in [4.69, 9.17) is 0 Å². The van der Waals surface area contributed by atoms with Crippen molar-refractivity contribution in [2.24, 2.45) is 0 Å². The Kier molecular flexibility index (Phi) is 4.83. The average Bonchev–Trinajstić information content (AvgIpc) is 2.62. The van der Waals surface area contributed by atoms with E-state index in [1.807, 2.05) is 6.92 Å². The number of hydrogen-bond acceptors (Lipinski definition) is 3. The molecule has 9 heteroatoms. The predicted molar refractivity (Wildman–Crippen MR) is 53.6 cm³/mol. The summed E-state index contributed by atoms with van der Waals surface area (Å²) in [6.07, 6.45) is -10.3. The molecule has 1 heterocycles. The lowest BCUT2D eigenvalue weighted by Crippen LogP contribution is -2.33. The van der Waals surface area contributed by atoms with Crippen molar-refractivity contribution in [2.75, 3.05) is 13.1 Å². The molecule has 110 valence electrons. The van der Waals surface area contributed by atoms with Gasteiger partial charge >= 0.3 is 12.4 Å². The highest BCUT2D eigenvalue weighted by Gasteiger charge is 2.59. The summed E-state index contributed by atoms with van der Waals surface area (Å²) in [5.74, 6) is -5.03. The topological polar surface area (TPSA) is 38.1 Å². The monoisotopic (exact) mass is 290 g/mol. The number of rotatable bonds is 5. The normalized spacial score (nSPS) is 13.3. The Bertz CT molecular complexity index is 383. The van der Waals surface area contributed by atoms with Gasteiger partial charge in [-0.1, -0.05) is 6.92 Å². The fourth-order valence-corrected chi connectivity index (χ4v) is 1.45. The van der Waals surface area contributed by atoms with Gasteiger partial charge in [0.05, 0.1) is 6.20 Å². The molecule has 0 bridgehead atoms. The van der Waals surface area contributed by atoms with Crippen molar-refractivity contribution >= 4 is 0 Å². The molecule has 0 aliphatic heterocycles. The highest BCUT2D eigenvalue weighted by molar-refractivity contribution is 5.08. The molecule has 0 saturated carbocycles. The molecular weight excluding hydrogens is 278 g/mol. The van der Waals surface area contributed by atoms with E-state index < -0.39 is 24.0 Å². The number of oxazole rings is 1. The van der Waals surface area contributed by atoms with Gasteiger partial charge in [0.1, 0.15) is 5.76 Å². The highest BCUT2D eigenvalue weighted by Crippen LogP contribution is 2.46. The van der Waals surface area contributed by atoms with Crippen LogP contribution in [0.2, 0.25) is 0 Å². The predicted octanol–water partition coefficient (Wildman–Crippen LogP) is 3.03. The molecule has 19 heavy (non-hydrogen) atoms. The van der Waals surface area contributed by atoms with Crippen LogP contribution in [0.25, 0.3) is 0 Å². The van der Waals surface area contributed by atoms with E-state index in [0.29, 0.717) is 19.3 Å². The van der Waals surface area contributed by atoms with Gasteiger partial charge in [0.15, 0.2) is 5.89 Å². The molecule has 0 aromatic carbocycles. The van der Waals surface area contributed by atoms with E-state index in [-0.39, 0.29) is 12.3 Å². The second-order valence-corrected chi connectivity index (χ2v) is 3.78. The molecule has 0 unspecified atom stereocenters. The van der Waals surface area contributed by atoms with E-state index >= 15 is 0 Å². The number of alkyl halides is 6. The van der Waals surface area contributed by atoms with Crippen molar-refractivity contribution in [3.63, 3.8) is 0 Å². The van der Waals surface area contributed by atoms with Crippen molar-refractivity contribution in [1.82, 2.24) is 10.3 Å². The van der Waals surface area contributed by atoms with Crippen LogP contribution in [-0.2, 0) is 6.42 Å². The maximum absolute atomic E-state index is 12.4. The second-order valence-electron chi connectivity index (χ2n) is 3.78. The molecule has 1 N–H and O–H groups in total. The fourth-order valence-electron chi connectivity index (χ4n) is 1.45. The number of nitrogens with one attached hydrogen (secondary N) is 1. The van der Waals surface area contributed by atoms with Crippen LogP contribution in [0.4, 0.5) is 26.3 Å². The zero-order chi connectivity index (χ0) is 14.7. The lowest BCUT2D eigenvalue weighted by molar-refractivity contribution is -0.257. The lowest BCUT2D eigenvalue weighted by Gasteiger charge is -2.20. The van der Waals surface area contributed by atoms with Gasteiger partial charge in [-0.3, -0.25) is 0 Å². The summed E-state index contributed by atoms with van der Waals surface area (Å²) in [4.78, 5) is 3.43. The maximum Gasteiger partial charge on any atom is 0.407 e. The first-order valence-electron chi connectivity index (χ1n) is 5.45. The lowest BCUT2D eigenvalue weighted by atomic mass is 10.1. The van der Waals surface area contributed by atoms with Gasteiger partial charge in [0.25, 0.3) is 0 Å². The third-order valence-electron chi connectivity index (χ3n) is 2.28. The smallest absolute Gasteiger partial charge is 0.407 e. The van der Waals surface area contributed by atoms with Gasteiger partial charge in [-0.2, -0.15) is 26.3 Å². The van der Waals surface area contributed by atoms with E-state index in [1.54, 1.807) is 0 Å². The molecule has 0 fully saturated rings. The Morgan fingerprint density at radius 2 is 1.79 bits per heavy atom. The van der Waals surface area contributed by atoms with Gasteiger partial charge in [-0.05, 0) is 6.54 Å². The first-order valence-corrected chi connectivity index (χ1v) is 5.45. The van der Waals surface area contributed by atoms with E-state index in [2.05, 4.69) is 14.7 Å². The SMILES string of the molecule is CCNCCc1ncc(C(C(F)(F)F)C(F)(F)F)o1. The number of likely N-dealkylation sites (N-methyl/N-ethyl adjacent to an activating group) is 1. The number of aromatic nitrogens is 1. The summed E-state index contributed by atoms with van der Waals surface area (Å²) >= 11 is 0. The van der Waals surface area contributed by atoms with Crippen LogP contribution >= 0.6 is 0 Å². The molecule has 0 radical (unpaired) electrons. The summed E-state index contributed by atoms with van der Waals surface area (Å²) in [6, 6.07) is 0. The van der Waals surface area contributed by atoms with Crippen LogP contribution in [-0.4, -0.2) is 30.4 Å². The van der Waals surface area contributed by atoms with Crippen molar-refractivity contribution in [2.45, 2.75) is 31.6 Å². The first-order chi connectivity index (χ1) is 8.66. The summed E-state index contributed by atoms with van der Waals surface area (Å²) in [5.41, 5.74) is 0. The fraction of sp³-hybridized carbons (Fsp3) is 0.700. The highest BCUT2D eigenvalue weighted by atomic mass is 19.4. The largest absolute Gasteiger partial charge is 0.445 e. The van der Waals surface area contributed by atoms with Gasteiger partial charge in [-0.25, -0.2) is 4.98 Å². The number of halogens is 6. The molecule has 0 atom stereocenters. The maximum atomic E-state index is 12.4. The molecule has 0 aliphatic rings. The van der Waals surface area contributed by atoms with Gasteiger partial charge in [0.2, 0.25) is 5.92 Å². The summed E-state index contributed by atoms with van der Waals surface area (Å²) < 4.78 is 78.9. The zero-order valence-corrected chi connectivity index (χ0v) is 9.90. The third kappa shape index (κ3) is 4.41. The molecule has 0 aliphatic carbocycles. The second kappa shape index (κ2) is 5.81. The van der Waals surface area contributed by atoms with E-state index in [9.17, 15) is 26.3 Å². The Hall–Kier alpha value is -1.25. The van der Waals surface area contributed by atoms with Crippen molar-refractivity contribution < 1.29 is 30.8 Å². The minimum absolute atomic E-state index is 0.121. The molecule has 1 rings (SSSR count). The molecule has 0 saturated heterocycles. The first kappa shape index (κ1) is 15.8. The number of hydrogen-bond donors (Lipinski definition) is 1. The van der Waals surface area contributed by atoms with E-state index in [0.717, 1.165) is 0 Å². The average molecular weight is 290 g/mol. The Morgan fingerprint density at radius 1 is 1.21 bits per heavy atom. The van der Waals surface area contributed by atoms with Gasteiger partial charge in [0, 0.05) is 13.0 Å². The molecular formula is C10H12F6N2O. The van der Waals surface area contributed by atoms with Crippen LogP contribution in [0.3, 0.4) is 0 Å². The molecule has 0 amide bonds. The molecule has 3 nitrogen and oxygen atoms in total. The van der Waals surface area contributed by atoms with Crippen LogP contribution in [0, 0.1) is 0 Å². The summed E-state index contributed by atoms with van der Waals surface area (Å²) in [6.45, 7) is 2.80. The standard InChI is InChI=1S/C10H12F6N2O/c1-2-17-4-3-7-18-5-6(19-7)8(9(11,12)13)10(14,15)16/h5,8,17H,2-4H2,1H3. The van der Waals surface area contributed by atoms with Crippen molar-refractivity contribution in [1.29, 1.82) is 0 Å². The quantitative estimate of drug-likeness (QED) is 0.669. The van der Waals surface area contributed by atoms with Gasteiger partial charge in [-0.15, -0.1) is 0 Å². The number of nitrogens with zero attached hydrogens (tertiary/aromatic N) is 1. The minimum atomic E-state index is -5.46. The van der Waals surface area contributed by atoms with Crippen molar-refractivity contribution in [3.8, 4) is 0 Å². The molecule has 1 aromatic rings. The Balaban J connectivity index is 2.87. The minimum Gasteiger partial charge on any atom is -0.445 e. The summed E-state index contributed by atoms with van der Waals surface area (Å²) in [5, 5.41) is 2.85. The third-order valence-corrected chi connectivity index (χ3v) is 2.28. The Morgan fingerprint density at radius 3 is 2.26 bits per heavy atom. The van der Waals surface area contributed by atoms with Crippen LogP contribution in [0.15, 0.2) is 10.6 Å². The summed E-state index contributed by atoms with van der Waals surface area (Å²) in [7, 11) is 0.